The van der Waals surface area contributed by atoms with Gasteiger partial charge in [-0.25, -0.2) is 0 Å². The maximum Gasteiger partial charge on any atom is 0.172 e. The zero-order chi connectivity index (χ0) is 12.8. The number of nitrogens with two attached hydrogens (primary N) is 1. The SMILES string of the molecule is NC(=S)N1CCSC1=NCCCc1ccccc1. The molecule has 1 aromatic carbocycles. The fraction of sp³-hybridized carbons (Fsp3) is 0.385. The fourth-order valence-electron chi connectivity index (χ4n) is 1.84. The molecule has 0 spiro atoms. The molecule has 0 radical (unpaired) electrons. The van der Waals surface area contributed by atoms with E-state index in [-0.39, 0.29) is 0 Å². The molecule has 0 amide bonds. The molecule has 1 aliphatic heterocycles. The van der Waals surface area contributed by atoms with E-state index in [1.54, 1.807) is 11.8 Å². The monoisotopic (exact) mass is 279 g/mol. The Bertz CT molecular complexity index is 431. The maximum atomic E-state index is 5.65. The molecule has 1 fully saturated rings. The van der Waals surface area contributed by atoms with Crippen LogP contribution in [0.25, 0.3) is 0 Å². The molecule has 0 atom stereocenters. The largest absolute Gasteiger partial charge is 0.376 e. The van der Waals surface area contributed by atoms with Crippen molar-refractivity contribution in [2.24, 2.45) is 10.7 Å². The average Bonchev–Trinajstić information content (AvgIpc) is 2.84. The summed E-state index contributed by atoms with van der Waals surface area (Å²) in [5.41, 5.74) is 7.01. The summed E-state index contributed by atoms with van der Waals surface area (Å²) in [5, 5.41) is 1.41. The topological polar surface area (TPSA) is 41.6 Å². The van der Waals surface area contributed by atoms with E-state index in [0.717, 1.165) is 36.9 Å². The predicted molar refractivity (Wildman–Crippen MR) is 83.0 cm³/mol. The van der Waals surface area contributed by atoms with Crippen molar-refractivity contribution in [3.63, 3.8) is 0 Å². The zero-order valence-electron chi connectivity index (χ0n) is 10.2. The highest BCUT2D eigenvalue weighted by molar-refractivity contribution is 8.14. The Balaban J connectivity index is 1.79. The second-order valence-electron chi connectivity index (χ2n) is 4.09. The van der Waals surface area contributed by atoms with Crippen LogP contribution in [-0.4, -0.2) is 34.0 Å². The number of aliphatic imine (C=N–C) groups is 1. The Morgan fingerprint density at radius 3 is 2.89 bits per heavy atom. The molecule has 5 heteroatoms. The molecule has 0 bridgehead atoms. The number of nitrogens with zero attached hydrogens (tertiary/aromatic N) is 2. The van der Waals surface area contributed by atoms with Gasteiger partial charge >= 0.3 is 0 Å². The number of rotatable bonds is 4. The number of benzene rings is 1. The van der Waals surface area contributed by atoms with Crippen molar-refractivity contribution in [1.29, 1.82) is 0 Å². The fourth-order valence-corrected chi connectivity index (χ4v) is 3.06. The van der Waals surface area contributed by atoms with Gasteiger partial charge in [0.05, 0.1) is 0 Å². The molecule has 0 unspecified atom stereocenters. The van der Waals surface area contributed by atoms with E-state index in [1.807, 2.05) is 11.0 Å². The Morgan fingerprint density at radius 1 is 1.39 bits per heavy atom. The molecule has 0 aliphatic carbocycles. The van der Waals surface area contributed by atoms with Gasteiger partial charge in [-0.15, -0.1) is 0 Å². The van der Waals surface area contributed by atoms with Crippen LogP contribution >= 0.6 is 24.0 Å². The lowest BCUT2D eigenvalue weighted by Crippen LogP contribution is -2.36. The third kappa shape index (κ3) is 3.71. The number of hydrogen-bond acceptors (Lipinski definition) is 3. The molecule has 1 aromatic rings. The first-order chi connectivity index (χ1) is 8.77. The molecular formula is C13H17N3S2. The highest BCUT2D eigenvalue weighted by Gasteiger charge is 2.20. The van der Waals surface area contributed by atoms with Crippen LogP contribution in [0, 0.1) is 0 Å². The van der Waals surface area contributed by atoms with Crippen LogP contribution in [0.2, 0.25) is 0 Å². The van der Waals surface area contributed by atoms with E-state index in [4.69, 9.17) is 18.0 Å². The van der Waals surface area contributed by atoms with Crippen LogP contribution in [0.15, 0.2) is 35.3 Å². The smallest absolute Gasteiger partial charge is 0.172 e. The molecule has 96 valence electrons. The standard InChI is InChI=1S/C13H17N3S2/c14-12(17)16-9-10-18-13(16)15-8-4-7-11-5-2-1-3-6-11/h1-3,5-6H,4,7-10H2,(H2,14,17). The molecule has 3 nitrogen and oxygen atoms in total. The van der Waals surface area contributed by atoms with Crippen LogP contribution in [0.4, 0.5) is 0 Å². The van der Waals surface area contributed by atoms with Crippen molar-refractivity contribution in [2.45, 2.75) is 12.8 Å². The molecule has 2 rings (SSSR count). The second kappa shape index (κ2) is 6.75. The summed E-state index contributed by atoms with van der Waals surface area (Å²) in [7, 11) is 0. The summed E-state index contributed by atoms with van der Waals surface area (Å²) >= 11 is 6.73. The summed E-state index contributed by atoms with van der Waals surface area (Å²) in [6, 6.07) is 10.5. The lowest BCUT2D eigenvalue weighted by Gasteiger charge is -2.14. The van der Waals surface area contributed by atoms with Crippen LogP contribution in [0.5, 0.6) is 0 Å². The maximum absolute atomic E-state index is 5.65. The highest BCUT2D eigenvalue weighted by atomic mass is 32.2. The lowest BCUT2D eigenvalue weighted by molar-refractivity contribution is 0.674. The van der Waals surface area contributed by atoms with Gasteiger partial charge in [-0.2, -0.15) is 0 Å². The van der Waals surface area contributed by atoms with Crippen molar-refractivity contribution in [3.05, 3.63) is 35.9 Å². The van der Waals surface area contributed by atoms with Gasteiger partial charge in [-0.05, 0) is 30.6 Å². The van der Waals surface area contributed by atoms with Crippen LogP contribution in [0.3, 0.4) is 0 Å². The van der Waals surface area contributed by atoms with Gasteiger partial charge in [0.15, 0.2) is 10.3 Å². The molecule has 18 heavy (non-hydrogen) atoms. The molecule has 1 heterocycles. The van der Waals surface area contributed by atoms with Gasteiger partial charge < -0.3 is 5.73 Å². The lowest BCUT2D eigenvalue weighted by atomic mass is 10.1. The Morgan fingerprint density at radius 2 is 2.17 bits per heavy atom. The van der Waals surface area contributed by atoms with E-state index < -0.39 is 0 Å². The van der Waals surface area contributed by atoms with Gasteiger partial charge in [0.1, 0.15) is 0 Å². The van der Waals surface area contributed by atoms with Gasteiger partial charge in [-0.3, -0.25) is 9.89 Å². The minimum absolute atomic E-state index is 0.432. The molecule has 1 aliphatic rings. The number of thioether (sulfide) groups is 1. The molecule has 2 N–H and O–H groups in total. The van der Waals surface area contributed by atoms with Crippen molar-refractivity contribution in [1.82, 2.24) is 4.90 Å². The molecular weight excluding hydrogens is 262 g/mol. The van der Waals surface area contributed by atoms with Crippen molar-refractivity contribution < 1.29 is 0 Å². The third-order valence-electron chi connectivity index (χ3n) is 2.76. The molecule has 1 saturated heterocycles. The van der Waals surface area contributed by atoms with Crippen LogP contribution < -0.4 is 5.73 Å². The second-order valence-corrected chi connectivity index (χ2v) is 5.57. The number of amidine groups is 1. The van der Waals surface area contributed by atoms with E-state index in [0.29, 0.717) is 5.11 Å². The minimum Gasteiger partial charge on any atom is -0.376 e. The van der Waals surface area contributed by atoms with Crippen LogP contribution in [-0.2, 0) is 6.42 Å². The molecule has 0 aromatic heterocycles. The summed E-state index contributed by atoms with van der Waals surface area (Å²) in [5.74, 6) is 1.02. The first kappa shape index (κ1) is 13.4. The van der Waals surface area contributed by atoms with Gasteiger partial charge in [0.2, 0.25) is 0 Å². The number of thiocarbonyl (C=S) groups is 1. The van der Waals surface area contributed by atoms with Gasteiger partial charge in [0.25, 0.3) is 0 Å². The van der Waals surface area contributed by atoms with E-state index in [9.17, 15) is 0 Å². The summed E-state index contributed by atoms with van der Waals surface area (Å²) < 4.78 is 0. The highest BCUT2D eigenvalue weighted by Crippen LogP contribution is 2.17. The molecule has 0 saturated carbocycles. The van der Waals surface area contributed by atoms with Gasteiger partial charge in [-0.1, -0.05) is 42.1 Å². The third-order valence-corrected chi connectivity index (χ3v) is 3.97. The Kier molecular flexibility index (Phi) is 5.01. The Hall–Kier alpha value is -1.07. The predicted octanol–water partition coefficient (Wildman–Crippen LogP) is 2.27. The van der Waals surface area contributed by atoms with E-state index in [2.05, 4.69) is 29.3 Å². The summed E-state index contributed by atoms with van der Waals surface area (Å²) in [6.07, 6.45) is 2.12. The van der Waals surface area contributed by atoms with Crippen LogP contribution in [0.1, 0.15) is 12.0 Å². The number of hydrogen-bond donors (Lipinski definition) is 1. The quantitative estimate of drug-likeness (QED) is 0.678. The van der Waals surface area contributed by atoms with Crippen molar-refractivity contribution in [3.8, 4) is 0 Å². The average molecular weight is 279 g/mol. The first-order valence-corrected chi connectivity index (χ1v) is 7.45. The van der Waals surface area contributed by atoms with Gasteiger partial charge in [0, 0.05) is 18.8 Å². The van der Waals surface area contributed by atoms with Crippen molar-refractivity contribution >= 4 is 34.3 Å². The van der Waals surface area contributed by atoms with E-state index >= 15 is 0 Å². The Labute approximate surface area is 117 Å². The zero-order valence-corrected chi connectivity index (χ0v) is 11.8. The van der Waals surface area contributed by atoms with E-state index in [1.165, 1.54) is 5.56 Å². The normalized spacial score (nSPS) is 17.3. The van der Waals surface area contributed by atoms with Crippen molar-refractivity contribution in [2.75, 3.05) is 18.8 Å². The summed E-state index contributed by atoms with van der Waals surface area (Å²) in [4.78, 5) is 6.50. The first-order valence-electron chi connectivity index (χ1n) is 6.05. The minimum atomic E-state index is 0.432. The number of aryl methyl sites for hydroxylation is 1. The summed E-state index contributed by atoms with van der Waals surface area (Å²) in [6.45, 7) is 1.72.